The molecule has 0 radical (unpaired) electrons. The van der Waals surface area contributed by atoms with Gasteiger partial charge in [0.25, 0.3) is 0 Å². The van der Waals surface area contributed by atoms with E-state index >= 15 is 0 Å². The maximum absolute atomic E-state index is 14.1. The van der Waals surface area contributed by atoms with E-state index in [1.54, 1.807) is 18.0 Å². The number of likely N-dealkylation sites (N-methyl/N-ethyl adjacent to an activating group) is 1. The topological polar surface area (TPSA) is 44.7 Å². The molecule has 0 spiro atoms. The lowest BCUT2D eigenvalue weighted by atomic mass is 10.1. The summed E-state index contributed by atoms with van der Waals surface area (Å²) in [5, 5.41) is 13.1. The molecule has 0 aliphatic carbocycles. The van der Waals surface area contributed by atoms with Crippen LogP contribution in [0.5, 0.6) is 0 Å². The van der Waals surface area contributed by atoms with Crippen molar-refractivity contribution in [2.75, 3.05) is 32.2 Å². The minimum absolute atomic E-state index is 0.234. The standard InChI is InChI=1S/C15H25FN2O2/c1-11(2)17-8-12-6-5-7-14(16)15(12)18(3)9-13(19)10-20-4/h5-7,11,13,17,19H,8-10H2,1-4H3. The summed E-state index contributed by atoms with van der Waals surface area (Å²) in [6.45, 7) is 5.24. The van der Waals surface area contributed by atoms with Gasteiger partial charge in [0, 0.05) is 33.3 Å². The second-order valence-electron chi connectivity index (χ2n) is 5.27. The maximum Gasteiger partial charge on any atom is 0.146 e. The first-order chi connectivity index (χ1) is 9.45. The fourth-order valence-electron chi connectivity index (χ4n) is 2.10. The van der Waals surface area contributed by atoms with Gasteiger partial charge in [-0.25, -0.2) is 4.39 Å². The Labute approximate surface area is 120 Å². The number of hydrogen-bond acceptors (Lipinski definition) is 4. The van der Waals surface area contributed by atoms with Crippen molar-refractivity contribution in [3.8, 4) is 0 Å². The number of hydrogen-bond donors (Lipinski definition) is 2. The number of ether oxygens (including phenoxy) is 1. The number of aliphatic hydroxyl groups is 1. The number of rotatable bonds is 8. The molecule has 20 heavy (non-hydrogen) atoms. The van der Waals surface area contributed by atoms with Gasteiger partial charge in [0.05, 0.1) is 18.4 Å². The molecule has 2 N–H and O–H groups in total. The molecule has 1 aromatic rings. The normalized spacial score (nSPS) is 12.8. The molecule has 1 rings (SSSR count). The summed E-state index contributed by atoms with van der Waals surface area (Å²) in [7, 11) is 3.31. The van der Waals surface area contributed by atoms with Gasteiger partial charge >= 0.3 is 0 Å². The first kappa shape index (κ1) is 16.9. The number of halogens is 1. The molecule has 0 aromatic heterocycles. The third-order valence-corrected chi connectivity index (χ3v) is 3.00. The summed E-state index contributed by atoms with van der Waals surface area (Å²) in [5.41, 5.74) is 1.40. The Balaban J connectivity index is 2.85. The van der Waals surface area contributed by atoms with Crippen molar-refractivity contribution >= 4 is 5.69 Å². The van der Waals surface area contributed by atoms with E-state index in [2.05, 4.69) is 5.32 Å². The van der Waals surface area contributed by atoms with Crippen LogP contribution in [-0.2, 0) is 11.3 Å². The Kier molecular flexibility index (Phi) is 6.91. The first-order valence-corrected chi connectivity index (χ1v) is 6.84. The molecule has 0 heterocycles. The highest BCUT2D eigenvalue weighted by atomic mass is 19.1. The second kappa shape index (κ2) is 8.19. The monoisotopic (exact) mass is 284 g/mol. The van der Waals surface area contributed by atoms with Crippen LogP contribution in [0.25, 0.3) is 0 Å². The summed E-state index contributed by atoms with van der Waals surface area (Å²) in [4.78, 5) is 1.73. The molecule has 0 saturated heterocycles. The van der Waals surface area contributed by atoms with E-state index < -0.39 is 6.10 Å². The highest BCUT2D eigenvalue weighted by molar-refractivity contribution is 5.54. The van der Waals surface area contributed by atoms with Gasteiger partial charge in [0.2, 0.25) is 0 Å². The number of para-hydroxylation sites is 1. The van der Waals surface area contributed by atoms with Gasteiger partial charge in [-0.05, 0) is 11.6 Å². The van der Waals surface area contributed by atoms with Gasteiger partial charge < -0.3 is 20.1 Å². The highest BCUT2D eigenvalue weighted by Crippen LogP contribution is 2.23. The molecule has 1 atom stereocenters. The number of nitrogens with one attached hydrogen (secondary N) is 1. The quantitative estimate of drug-likeness (QED) is 0.763. The van der Waals surface area contributed by atoms with Crippen molar-refractivity contribution in [3.63, 3.8) is 0 Å². The lowest BCUT2D eigenvalue weighted by Crippen LogP contribution is -2.33. The smallest absolute Gasteiger partial charge is 0.146 e. The fourth-order valence-corrected chi connectivity index (χ4v) is 2.10. The minimum atomic E-state index is -0.643. The molecule has 0 aliphatic heterocycles. The number of nitrogens with zero attached hydrogens (tertiary/aromatic N) is 1. The Hall–Kier alpha value is -1.17. The number of benzene rings is 1. The minimum Gasteiger partial charge on any atom is -0.389 e. The van der Waals surface area contributed by atoms with E-state index in [1.807, 2.05) is 19.9 Å². The summed E-state index contributed by atoms with van der Waals surface area (Å²) in [6, 6.07) is 5.37. The predicted octanol–water partition coefficient (Wildman–Crippen LogP) is 1.77. The average molecular weight is 284 g/mol. The van der Waals surface area contributed by atoms with Gasteiger partial charge in [-0.2, -0.15) is 0 Å². The SMILES string of the molecule is COCC(O)CN(C)c1c(F)cccc1CNC(C)C. The van der Waals surface area contributed by atoms with Crippen LogP contribution < -0.4 is 10.2 Å². The molecule has 0 saturated carbocycles. The van der Waals surface area contributed by atoms with Crippen molar-refractivity contribution in [2.24, 2.45) is 0 Å². The molecule has 114 valence electrons. The Morgan fingerprint density at radius 1 is 1.40 bits per heavy atom. The van der Waals surface area contributed by atoms with Crippen LogP contribution in [-0.4, -0.2) is 44.6 Å². The molecular weight excluding hydrogens is 259 g/mol. The van der Waals surface area contributed by atoms with Crippen molar-refractivity contribution < 1.29 is 14.2 Å². The van der Waals surface area contributed by atoms with Gasteiger partial charge in [-0.1, -0.05) is 26.0 Å². The van der Waals surface area contributed by atoms with Crippen molar-refractivity contribution in [3.05, 3.63) is 29.6 Å². The average Bonchev–Trinajstić information content (AvgIpc) is 2.36. The van der Waals surface area contributed by atoms with Crippen LogP contribution in [0.3, 0.4) is 0 Å². The lowest BCUT2D eigenvalue weighted by Gasteiger charge is -2.25. The molecule has 1 aromatic carbocycles. The number of anilines is 1. The zero-order chi connectivity index (χ0) is 15.1. The van der Waals surface area contributed by atoms with E-state index in [9.17, 15) is 9.50 Å². The molecule has 0 fully saturated rings. The van der Waals surface area contributed by atoms with E-state index in [1.165, 1.54) is 13.2 Å². The second-order valence-corrected chi connectivity index (χ2v) is 5.27. The van der Waals surface area contributed by atoms with Crippen molar-refractivity contribution in [1.29, 1.82) is 0 Å². The molecular formula is C15H25FN2O2. The van der Waals surface area contributed by atoms with Crippen molar-refractivity contribution in [2.45, 2.75) is 32.5 Å². The molecule has 0 bridgehead atoms. The highest BCUT2D eigenvalue weighted by Gasteiger charge is 2.16. The van der Waals surface area contributed by atoms with Crippen LogP contribution in [0.15, 0.2) is 18.2 Å². The van der Waals surface area contributed by atoms with Gasteiger partial charge in [0.15, 0.2) is 0 Å². The summed E-state index contributed by atoms with van der Waals surface area (Å²) < 4.78 is 19.0. The van der Waals surface area contributed by atoms with Crippen LogP contribution in [0.4, 0.5) is 10.1 Å². The Morgan fingerprint density at radius 3 is 2.70 bits per heavy atom. The number of methoxy groups -OCH3 is 1. The zero-order valence-electron chi connectivity index (χ0n) is 12.7. The molecule has 1 unspecified atom stereocenters. The van der Waals surface area contributed by atoms with E-state index in [0.29, 0.717) is 24.8 Å². The van der Waals surface area contributed by atoms with Crippen LogP contribution >= 0.6 is 0 Å². The first-order valence-electron chi connectivity index (χ1n) is 6.84. The van der Waals surface area contributed by atoms with Gasteiger partial charge in [-0.15, -0.1) is 0 Å². The van der Waals surface area contributed by atoms with E-state index in [4.69, 9.17) is 4.74 Å². The largest absolute Gasteiger partial charge is 0.389 e. The summed E-state index contributed by atoms with van der Waals surface area (Å²) >= 11 is 0. The predicted molar refractivity (Wildman–Crippen MR) is 79.5 cm³/mol. The maximum atomic E-state index is 14.1. The van der Waals surface area contributed by atoms with E-state index in [0.717, 1.165) is 5.56 Å². The molecule has 0 aliphatic rings. The van der Waals surface area contributed by atoms with E-state index in [-0.39, 0.29) is 12.4 Å². The zero-order valence-corrected chi connectivity index (χ0v) is 12.7. The van der Waals surface area contributed by atoms with Crippen molar-refractivity contribution in [1.82, 2.24) is 5.32 Å². The molecule has 4 nitrogen and oxygen atoms in total. The Morgan fingerprint density at radius 2 is 2.10 bits per heavy atom. The fraction of sp³-hybridized carbons (Fsp3) is 0.600. The van der Waals surface area contributed by atoms with Gasteiger partial charge in [-0.3, -0.25) is 0 Å². The molecule has 5 heteroatoms. The third-order valence-electron chi connectivity index (χ3n) is 3.00. The molecule has 0 amide bonds. The van der Waals surface area contributed by atoms with Crippen LogP contribution in [0, 0.1) is 5.82 Å². The van der Waals surface area contributed by atoms with Crippen LogP contribution in [0.1, 0.15) is 19.4 Å². The summed E-state index contributed by atoms with van der Waals surface area (Å²) in [6.07, 6.45) is -0.643. The summed E-state index contributed by atoms with van der Waals surface area (Å²) in [5.74, 6) is -0.278. The Bertz CT molecular complexity index is 413. The third kappa shape index (κ3) is 5.07. The van der Waals surface area contributed by atoms with Gasteiger partial charge in [0.1, 0.15) is 5.82 Å². The van der Waals surface area contributed by atoms with Crippen LogP contribution in [0.2, 0.25) is 0 Å². The lowest BCUT2D eigenvalue weighted by molar-refractivity contribution is 0.0694. The number of aliphatic hydroxyl groups excluding tert-OH is 1.